The number of nitrogens with zero attached hydrogens (tertiary/aromatic N) is 2. The first-order chi connectivity index (χ1) is 13.0. The molecule has 0 radical (unpaired) electrons. The van der Waals surface area contributed by atoms with Gasteiger partial charge in [-0.15, -0.1) is 0 Å². The number of benzene rings is 2. The molecule has 4 aromatic rings. The first-order valence-corrected chi connectivity index (χ1v) is 9.31. The van der Waals surface area contributed by atoms with Gasteiger partial charge in [-0.05, 0) is 61.4 Å². The Bertz CT molecular complexity index is 1120. The summed E-state index contributed by atoms with van der Waals surface area (Å²) in [5.74, 6) is -0.138. The number of hydrogen-bond donors (Lipinski definition) is 0. The maximum absolute atomic E-state index is 13.6. The number of aromatic nitrogens is 1. The van der Waals surface area contributed by atoms with Crippen LogP contribution in [0.5, 0.6) is 0 Å². The lowest BCUT2D eigenvalue weighted by Crippen LogP contribution is -2.30. The molecule has 0 N–H and O–H groups in total. The summed E-state index contributed by atoms with van der Waals surface area (Å²) in [6.45, 7) is 4.28. The molecule has 2 heterocycles. The fourth-order valence-corrected chi connectivity index (χ4v) is 3.91. The maximum Gasteiger partial charge on any atom is 0.260 e. The van der Waals surface area contributed by atoms with Crippen molar-refractivity contribution >= 4 is 32.6 Å². The molecule has 2 aromatic heterocycles. The van der Waals surface area contributed by atoms with Crippen molar-refractivity contribution < 1.29 is 13.6 Å². The Morgan fingerprint density at radius 2 is 2.04 bits per heavy atom. The van der Waals surface area contributed by atoms with Crippen LogP contribution in [0.2, 0.25) is 0 Å². The number of fused-ring (bicyclic) bond motifs is 1. The molecule has 2 aromatic carbocycles. The highest BCUT2D eigenvalue weighted by atomic mass is 32.1. The number of carbonyl (C=O) groups is 1. The zero-order chi connectivity index (χ0) is 19.0. The van der Waals surface area contributed by atoms with Crippen LogP contribution >= 0.6 is 11.3 Å². The Morgan fingerprint density at radius 1 is 1.19 bits per heavy atom. The molecule has 0 aliphatic heterocycles. The van der Waals surface area contributed by atoms with Crippen LogP contribution in [0.1, 0.15) is 27.2 Å². The molecule has 1 amide bonds. The van der Waals surface area contributed by atoms with Gasteiger partial charge in [-0.3, -0.25) is 9.69 Å². The second-order valence-electron chi connectivity index (χ2n) is 6.33. The number of aryl methyl sites for hydroxylation is 2. The maximum atomic E-state index is 13.6. The number of thiazole rings is 1. The fraction of sp³-hybridized carbons (Fsp3) is 0.143. The van der Waals surface area contributed by atoms with E-state index in [0.717, 1.165) is 21.3 Å². The lowest BCUT2D eigenvalue weighted by atomic mass is 10.1. The number of rotatable bonds is 4. The first-order valence-electron chi connectivity index (χ1n) is 8.49. The molecule has 0 spiro atoms. The molecule has 27 heavy (non-hydrogen) atoms. The summed E-state index contributed by atoms with van der Waals surface area (Å²) in [5, 5.41) is 0.560. The topological polar surface area (TPSA) is 46.3 Å². The van der Waals surface area contributed by atoms with Crippen LogP contribution in [-0.4, -0.2) is 10.9 Å². The number of anilines is 1. The molecule has 136 valence electrons. The largest absolute Gasteiger partial charge is 0.467 e. The van der Waals surface area contributed by atoms with Gasteiger partial charge >= 0.3 is 0 Å². The zero-order valence-corrected chi connectivity index (χ0v) is 15.7. The van der Waals surface area contributed by atoms with E-state index in [1.54, 1.807) is 24.5 Å². The van der Waals surface area contributed by atoms with Gasteiger partial charge in [0, 0.05) is 5.56 Å². The minimum atomic E-state index is -0.449. The lowest BCUT2D eigenvalue weighted by Gasteiger charge is -2.18. The Labute approximate surface area is 159 Å². The van der Waals surface area contributed by atoms with Gasteiger partial charge in [0.05, 0.1) is 23.0 Å². The van der Waals surface area contributed by atoms with Crippen LogP contribution < -0.4 is 4.90 Å². The molecular formula is C21H17FN2O2S. The van der Waals surface area contributed by atoms with Crippen LogP contribution in [0.15, 0.2) is 59.2 Å². The molecule has 0 aliphatic rings. The monoisotopic (exact) mass is 380 g/mol. The van der Waals surface area contributed by atoms with Crippen LogP contribution in [0, 0.1) is 19.7 Å². The summed E-state index contributed by atoms with van der Waals surface area (Å²) < 4.78 is 20.1. The minimum absolute atomic E-state index is 0.222. The van der Waals surface area contributed by atoms with Gasteiger partial charge in [-0.25, -0.2) is 9.37 Å². The van der Waals surface area contributed by atoms with Gasteiger partial charge < -0.3 is 4.42 Å². The lowest BCUT2D eigenvalue weighted by molar-refractivity contribution is 0.0983. The Morgan fingerprint density at radius 3 is 2.78 bits per heavy atom. The molecule has 0 atom stereocenters. The van der Waals surface area contributed by atoms with Gasteiger partial charge in [0.15, 0.2) is 5.13 Å². The zero-order valence-electron chi connectivity index (χ0n) is 14.9. The summed E-state index contributed by atoms with van der Waals surface area (Å²) in [6.07, 6.45) is 1.56. The van der Waals surface area contributed by atoms with Crippen LogP contribution in [-0.2, 0) is 6.54 Å². The molecular weight excluding hydrogens is 363 g/mol. The van der Waals surface area contributed by atoms with Crippen molar-refractivity contribution in [3.8, 4) is 0 Å². The number of carbonyl (C=O) groups excluding carboxylic acids is 1. The third kappa shape index (κ3) is 3.36. The highest BCUT2D eigenvalue weighted by molar-refractivity contribution is 7.22. The molecule has 0 saturated carbocycles. The average molecular weight is 380 g/mol. The summed E-state index contributed by atoms with van der Waals surface area (Å²) in [7, 11) is 0. The van der Waals surface area contributed by atoms with E-state index in [0.29, 0.717) is 10.9 Å². The van der Waals surface area contributed by atoms with Crippen molar-refractivity contribution in [2.45, 2.75) is 20.4 Å². The van der Waals surface area contributed by atoms with Gasteiger partial charge in [0.1, 0.15) is 11.6 Å². The molecule has 0 fully saturated rings. The second-order valence-corrected chi connectivity index (χ2v) is 7.34. The number of hydrogen-bond acceptors (Lipinski definition) is 4. The van der Waals surface area contributed by atoms with Crippen LogP contribution in [0.25, 0.3) is 10.2 Å². The molecule has 0 bridgehead atoms. The summed E-state index contributed by atoms with van der Waals surface area (Å²) in [5.41, 5.74) is 3.39. The molecule has 0 aliphatic carbocycles. The van der Waals surface area contributed by atoms with Crippen LogP contribution in [0.3, 0.4) is 0 Å². The van der Waals surface area contributed by atoms with E-state index >= 15 is 0 Å². The molecule has 0 unspecified atom stereocenters. The quantitative estimate of drug-likeness (QED) is 0.470. The number of halogens is 1. The van der Waals surface area contributed by atoms with Crippen molar-refractivity contribution in [3.05, 3.63) is 83.1 Å². The van der Waals surface area contributed by atoms with E-state index in [2.05, 4.69) is 0 Å². The van der Waals surface area contributed by atoms with Crippen molar-refractivity contribution in [2.75, 3.05) is 4.90 Å². The van der Waals surface area contributed by atoms with Crippen molar-refractivity contribution in [1.29, 1.82) is 0 Å². The van der Waals surface area contributed by atoms with Gasteiger partial charge in [0.25, 0.3) is 5.91 Å². The van der Waals surface area contributed by atoms with E-state index < -0.39 is 5.82 Å². The van der Waals surface area contributed by atoms with Gasteiger partial charge in [-0.2, -0.15) is 0 Å². The summed E-state index contributed by atoms with van der Waals surface area (Å²) in [4.78, 5) is 19.4. The first kappa shape index (κ1) is 17.4. The standard InChI is InChI=1S/C21H17FN2O2S/c1-13-8-9-18-19(14(13)2)23-21(27-18)24(12-17-7-4-10-26-17)20(25)15-5-3-6-16(22)11-15/h3-11H,12H2,1-2H3. The Kier molecular flexibility index (Phi) is 4.49. The highest BCUT2D eigenvalue weighted by Gasteiger charge is 2.23. The predicted octanol–water partition coefficient (Wildman–Crippen LogP) is 5.49. The molecule has 4 rings (SSSR count). The minimum Gasteiger partial charge on any atom is -0.467 e. The summed E-state index contributed by atoms with van der Waals surface area (Å²) in [6, 6.07) is 13.3. The third-order valence-electron chi connectivity index (χ3n) is 4.52. The van der Waals surface area contributed by atoms with Gasteiger partial charge in [-0.1, -0.05) is 23.5 Å². The highest BCUT2D eigenvalue weighted by Crippen LogP contribution is 2.33. The average Bonchev–Trinajstić information content (AvgIpc) is 3.32. The van der Waals surface area contributed by atoms with Crippen molar-refractivity contribution in [1.82, 2.24) is 4.98 Å². The van der Waals surface area contributed by atoms with E-state index in [9.17, 15) is 9.18 Å². The predicted molar refractivity (Wildman–Crippen MR) is 105 cm³/mol. The number of furan rings is 1. The molecule has 0 saturated heterocycles. The third-order valence-corrected chi connectivity index (χ3v) is 5.56. The van der Waals surface area contributed by atoms with E-state index in [1.165, 1.54) is 34.4 Å². The fourth-order valence-electron chi connectivity index (χ4n) is 2.89. The summed E-state index contributed by atoms with van der Waals surface area (Å²) >= 11 is 1.44. The van der Waals surface area contributed by atoms with Crippen molar-refractivity contribution in [2.24, 2.45) is 0 Å². The Balaban J connectivity index is 1.80. The number of amides is 1. The van der Waals surface area contributed by atoms with E-state index in [4.69, 9.17) is 9.40 Å². The Hall–Kier alpha value is -2.99. The van der Waals surface area contributed by atoms with E-state index in [1.807, 2.05) is 26.0 Å². The van der Waals surface area contributed by atoms with E-state index in [-0.39, 0.29) is 18.0 Å². The SMILES string of the molecule is Cc1ccc2sc(N(Cc3ccco3)C(=O)c3cccc(F)c3)nc2c1C. The smallest absolute Gasteiger partial charge is 0.260 e. The molecule has 6 heteroatoms. The molecule has 4 nitrogen and oxygen atoms in total. The second kappa shape index (κ2) is 6.96. The van der Waals surface area contributed by atoms with Gasteiger partial charge in [0.2, 0.25) is 0 Å². The van der Waals surface area contributed by atoms with Crippen LogP contribution in [0.4, 0.5) is 9.52 Å². The van der Waals surface area contributed by atoms with Crippen molar-refractivity contribution in [3.63, 3.8) is 0 Å². The normalized spacial score (nSPS) is 11.1.